The van der Waals surface area contributed by atoms with Crippen molar-refractivity contribution in [3.8, 4) is 0 Å². The van der Waals surface area contributed by atoms with Gasteiger partial charge in [-0.25, -0.2) is 9.59 Å². The zero-order valence-electron chi connectivity index (χ0n) is 25.1. The number of carbonyl (C=O) groups excluding carboxylic acids is 2. The molecule has 44 heavy (non-hydrogen) atoms. The summed E-state index contributed by atoms with van der Waals surface area (Å²) in [7, 11) is 0. The number of aliphatic carboxylic acids is 1. The number of amides is 2. The summed E-state index contributed by atoms with van der Waals surface area (Å²) in [5.41, 5.74) is 1.31. The van der Waals surface area contributed by atoms with Crippen molar-refractivity contribution in [1.82, 2.24) is 15.2 Å². The number of nitrogens with zero attached hydrogens (tertiary/aromatic N) is 1. The predicted molar refractivity (Wildman–Crippen MR) is 164 cm³/mol. The van der Waals surface area contributed by atoms with Gasteiger partial charge in [0.15, 0.2) is 0 Å². The van der Waals surface area contributed by atoms with E-state index in [-0.39, 0.29) is 25.5 Å². The van der Waals surface area contributed by atoms with Gasteiger partial charge in [-0.1, -0.05) is 48.5 Å². The molecule has 232 valence electrons. The van der Waals surface area contributed by atoms with Crippen LogP contribution in [0, 0.1) is 23.7 Å². The number of ether oxygens (including phenoxy) is 2. The maximum atomic E-state index is 14.5. The standard InChI is InChI=1S/C35H41N3O6/c1-35(17-26-18-36-29-10-6-5-9-28(26)29,37-34(42)44-31-24-12-22-11-23(14-24)15-25(31)13-22)33(41)38-19-27(16-30(38)32(39)40)43-20-21-7-3-2-4-8-21/h2-10,18,22-25,27,30-31,36H,11-17,19-20H2,1H3,(H,37,42)(H,39,40)/t22?,23?,24?,25?,27-,30-,31?,35-/m1/s1. The Kier molecular flexibility index (Phi) is 7.60. The van der Waals surface area contributed by atoms with E-state index in [9.17, 15) is 19.5 Å². The fourth-order valence-electron chi connectivity index (χ4n) is 8.76. The fourth-order valence-corrected chi connectivity index (χ4v) is 8.76. The summed E-state index contributed by atoms with van der Waals surface area (Å²) in [6.45, 7) is 2.13. The third kappa shape index (κ3) is 5.58. The lowest BCUT2D eigenvalue weighted by atomic mass is 9.55. The average molecular weight is 600 g/mol. The van der Waals surface area contributed by atoms with E-state index < -0.39 is 35.7 Å². The lowest BCUT2D eigenvalue weighted by Crippen LogP contribution is -2.61. The van der Waals surface area contributed by atoms with E-state index >= 15 is 0 Å². The van der Waals surface area contributed by atoms with Gasteiger partial charge in [0, 0.05) is 36.5 Å². The van der Waals surface area contributed by atoms with Crippen LogP contribution in [0.25, 0.3) is 10.9 Å². The second-order valence-corrected chi connectivity index (χ2v) is 13.8. The van der Waals surface area contributed by atoms with Crippen LogP contribution in [0.1, 0.15) is 56.6 Å². The molecule has 4 aliphatic carbocycles. The number of rotatable bonds is 9. The molecule has 1 aromatic heterocycles. The SMILES string of the molecule is C[C@](Cc1c[nH]c2ccccc12)(NC(=O)OC1C2CC3CC(C2)CC1C3)C(=O)N1C[C@H](OCc2ccccc2)C[C@@H]1C(=O)O. The van der Waals surface area contributed by atoms with Gasteiger partial charge in [-0.2, -0.15) is 0 Å². The Morgan fingerprint density at radius 3 is 2.34 bits per heavy atom. The van der Waals surface area contributed by atoms with Gasteiger partial charge in [0.25, 0.3) is 0 Å². The maximum absolute atomic E-state index is 14.5. The van der Waals surface area contributed by atoms with Gasteiger partial charge in [-0.3, -0.25) is 4.79 Å². The molecule has 4 saturated carbocycles. The summed E-state index contributed by atoms with van der Waals surface area (Å²) < 4.78 is 12.2. The van der Waals surface area contributed by atoms with Crippen molar-refractivity contribution in [2.45, 2.75) is 82.3 Å². The van der Waals surface area contributed by atoms with Crippen LogP contribution in [0.15, 0.2) is 60.8 Å². The third-order valence-electron chi connectivity index (χ3n) is 10.6. The minimum atomic E-state index is -1.45. The van der Waals surface area contributed by atoms with E-state index in [2.05, 4.69) is 10.3 Å². The Balaban J connectivity index is 1.12. The van der Waals surface area contributed by atoms with Gasteiger partial charge in [0.2, 0.25) is 5.91 Å². The van der Waals surface area contributed by atoms with Crippen molar-refractivity contribution < 1.29 is 29.0 Å². The van der Waals surface area contributed by atoms with Crippen molar-refractivity contribution in [3.05, 3.63) is 71.9 Å². The molecule has 5 fully saturated rings. The number of carboxylic acid groups (broad SMARTS) is 1. The van der Waals surface area contributed by atoms with Gasteiger partial charge in [-0.15, -0.1) is 0 Å². The van der Waals surface area contributed by atoms with Gasteiger partial charge in [0.05, 0.1) is 12.7 Å². The number of para-hydroxylation sites is 1. The summed E-state index contributed by atoms with van der Waals surface area (Å²) >= 11 is 0. The van der Waals surface area contributed by atoms with Crippen LogP contribution in [-0.2, 0) is 32.1 Å². The quantitative estimate of drug-likeness (QED) is 0.307. The molecule has 1 saturated heterocycles. The van der Waals surface area contributed by atoms with Gasteiger partial charge < -0.3 is 29.8 Å². The first-order valence-corrected chi connectivity index (χ1v) is 16.0. The Bertz CT molecular complexity index is 1510. The topological polar surface area (TPSA) is 121 Å². The van der Waals surface area contributed by atoms with Crippen LogP contribution in [0.3, 0.4) is 0 Å². The number of hydrogen-bond acceptors (Lipinski definition) is 5. The Morgan fingerprint density at radius 2 is 1.64 bits per heavy atom. The highest BCUT2D eigenvalue weighted by atomic mass is 16.6. The molecule has 2 aromatic carbocycles. The zero-order valence-corrected chi connectivity index (χ0v) is 25.1. The highest BCUT2D eigenvalue weighted by Crippen LogP contribution is 2.54. The highest BCUT2D eigenvalue weighted by molar-refractivity contribution is 5.94. The number of fused-ring (bicyclic) bond motifs is 1. The largest absolute Gasteiger partial charge is 0.480 e. The van der Waals surface area contributed by atoms with Gasteiger partial charge >= 0.3 is 12.1 Å². The van der Waals surface area contributed by atoms with Crippen molar-refractivity contribution in [1.29, 1.82) is 0 Å². The van der Waals surface area contributed by atoms with Crippen LogP contribution in [0.5, 0.6) is 0 Å². The molecule has 0 radical (unpaired) electrons. The first-order valence-electron chi connectivity index (χ1n) is 16.0. The van der Waals surface area contributed by atoms with E-state index in [0.717, 1.165) is 59.5 Å². The minimum absolute atomic E-state index is 0.123. The number of aromatic nitrogens is 1. The molecule has 9 nitrogen and oxygen atoms in total. The molecule has 2 amide bonds. The number of benzene rings is 2. The lowest BCUT2D eigenvalue weighted by Gasteiger charge is -2.53. The number of carbonyl (C=O) groups is 3. The number of alkyl carbamates (subject to hydrolysis) is 1. The number of carboxylic acids is 1. The van der Waals surface area contributed by atoms with Crippen molar-refractivity contribution in [2.24, 2.45) is 23.7 Å². The molecule has 3 N–H and O–H groups in total. The number of aromatic amines is 1. The molecule has 8 rings (SSSR count). The van der Waals surface area contributed by atoms with Crippen molar-refractivity contribution in [2.75, 3.05) is 6.54 Å². The number of likely N-dealkylation sites (tertiary alicyclic amines) is 1. The molecule has 0 spiro atoms. The molecule has 4 bridgehead atoms. The summed E-state index contributed by atoms with van der Waals surface area (Å²) in [5, 5.41) is 14.1. The van der Waals surface area contributed by atoms with Crippen molar-refractivity contribution in [3.63, 3.8) is 0 Å². The summed E-state index contributed by atoms with van der Waals surface area (Å²) in [6, 6.07) is 16.4. The van der Waals surface area contributed by atoms with E-state index in [1.165, 1.54) is 11.3 Å². The normalized spacial score (nSPS) is 30.3. The molecule has 5 aliphatic rings. The molecular weight excluding hydrogens is 558 g/mol. The number of nitrogens with one attached hydrogen (secondary N) is 2. The predicted octanol–water partition coefficient (Wildman–Crippen LogP) is 5.29. The smallest absolute Gasteiger partial charge is 0.408 e. The van der Waals surface area contributed by atoms with Gasteiger partial charge in [-0.05, 0) is 79.9 Å². The van der Waals surface area contributed by atoms with E-state index in [0.29, 0.717) is 18.4 Å². The number of H-pyrrole nitrogens is 1. The summed E-state index contributed by atoms with van der Waals surface area (Å²) in [5.74, 6) is 0.705. The second kappa shape index (κ2) is 11.6. The van der Waals surface area contributed by atoms with Crippen LogP contribution in [-0.4, -0.2) is 63.3 Å². The van der Waals surface area contributed by atoms with Crippen LogP contribution in [0.2, 0.25) is 0 Å². The molecule has 3 atom stereocenters. The molecule has 1 aliphatic heterocycles. The molecule has 0 unspecified atom stereocenters. The van der Waals surface area contributed by atoms with Crippen molar-refractivity contribution >= 4 is 28.9 Å². The van der Waals surface area contributed by atoms with Crippen LogP contribution < -0.4 is 5.32 Å². The molecule has 3 aromatic rings. The van der Waals surface area contributed by atoms with Gasteiger partial charge in [0.1, 0.15) is 17.7 Å². The molecular formula is C35H41N3O6. The Labute approximate surface area is 257 Å². The van der Waals surface area contributed by atoms with Crippen LogP contribution in [0.4, 0.5) is 4.79 Å². The van der Waals surface area contributed by atoms with Crippen LogP contribution >= 0.6 is 0 Å². The first-order chi connectivity index (χ1) is 21.3. The lowest BCUT2D eigenvalue weighted by molar-refractivity contribution is -0.151. The monoisotopic (exact) mass is 599 g/mol. The first kappa shape index (κ1) is 28.9. The highest BCUT2D eigenvalue weighted by Gasteiger charge is 2.51. The van der Waals surface area contributed by atoms with E-state index in [4.69, 9.17) is 9.47 Å². The van der Waals surface area contributed by atoms with E-state index in [1.54, 1.807) is 6.92 Å². The molecule has 2 heterocycles. The third-order valence-corrected chi connectivity index (χ3v) is 10.6. The summed E-state index contributed by atoms with van der Waals surface area (Å²) in [4.78, 5) is 45.2. The Hall–Kier alpha value is -3.85. The fraction of sp³-hybridized carbons (Fsp3) is 0.514. The summed E-state index contributed by atoms with van der Waals surface area (Å²) in [6.07, 6.45) is 6.74. The Morgan fingerprint density at radius 1 is 0.955 bits per heavy atom. The van der Waals surface area contributed by atoms with E-state index in [1.807, 2.05) is 60.8 Å². The zero-order chi connectivity index (χ0) is 30.4. The maximum Gasteiger partial charge on any atom is 0.408 e. The minimum Gasteiger partial charge on any atom is -0.480 e. The number of hydrogen-bond donors (Lipinski definition) is 3. The average Bonchev–Trinajstić information content (AvgIpc) is 3.62. The second-order valence-electron chi connectivity index (χ2n) is 13.8. The molecule has 9 heteroatoms.